The molecule has 1 fully saturated rings. The highest BCUT2D eigenvalue weighted by atomic mass is 32.1. The average molecular weight is 231 g/mol. The van der Waals surface area contributed by atoms with Crippen molar-refractivity contribution >= 4 is 12.6 Å². The molecule has 0 aromatic heterocycles. The Bertz CT molecular complexity index is 169. The van der Waals surface area contributed by atoms with E-state index in [1.54, 1.807) is 7.11 Å². The number of rotatable bonds is 7. The van der Waals surface area contributed by atoms with E-state index < -0.39 is 0 Å². The summed E-state index contributed by atoms with van der Waals surface area (Å²) >= 11 is 4.55. The van der Waals surface area contributed by atoms with Gasteiger partial charge in [0, 0.05) is 20.2 Å². The highest BCUT2D eigenvalue weighted by molar-refractivity contribution is 7.80. The number of nitrogens with zero attached hydrogens (tertiary/aromatic N) is 1. The zero-order valence-corrected chi connectivity index (χ0v) is 11.1. The van der Waals surface area contributed by atoms with Gasteiger partial charge in [-0.1, -0.05) is 19.8 Å². The van der Waals surface area contributed by atoms with Gasteiger partial charge in [0.2, 0.25) is 0 Å². The molecule has 3 heteroatoms. The molecule has 90 valence electrons. The monoisotopic (exact) mass is 231 g/mol. The Morgan fingerprint density at radius 1 is 1.33 bits per heavy atom. The Kier molecular flexibility index (Phi) is 6.02. The van der Waals surface area contributed by atoms with Gasteiger partial charge < -0.3 is 9.64 Å². The molecule has 1 aliphatic rings. The summed E-state index contributed by atoms with van der Waals surface area (Å²) in [5.41, 5.74) is 0.493. The molecule has 1 aliphatic carbocycles. The van der Waals surface area contributed by atoms with E-state index in [1.165, 1.54) is 32.2 Å². The molecule has 0 N–H and O–H groups in total. The van der Waals surface area contributed by atoms with Crippen molar-refractivity contribution in [3.05, 3.63) is 0 Å². The highest BCUT2D eigenvalue weighted by Gasteiger charge is 2.33. The fourth-order valence-corrected chi connectivity index (χ4v) is 2.95. The van der Waals surface area contributed by atoms with Gasteiger partial charge in [-0.3, -0.25) is 0 Å². The molecule has 2 nitrogen and oxygen atoms in total. The summed E-state index contributed by atoms with van der Waals surface area (Å²) in [6.45, 7) is 6.46. The van der Waals surface area contributed by atoms with Crippen LogP contribution in [-0.4, -0.2) is 44.0 Å². The van der Waals surface area contributed by atoms with Crippen LogP contribution < -0.4 is 0 Å². The van der Waals surface area contributed by atoms with Crippen molar-refractivity contribution in [1.29, 1.82) is 0 Å². The van der Waals surface area contributed by atoms with Gasteiger partial charge in [0.25, 0.3) is 0 Å². The zero-order valence-electron chi connectivity index (χ0n) is 10.2. The second-order valence-corrected chi connectivity index (χ2v) is 5.04. The van der Waals surface area contributed by atoms with Crippen LogP contribution in [0.1, 0.15) is 32.6 Å². The van der Waals surface area contributed by atoms with Crippen molar-refractivity contribution in [3.8, 4) is 0 Å². The van der Waals surface area contributed by atoms with Crippen LogP contribution in [0.2, 0.25) is 0 Å². The van der Waals surface area contributed by atoms with E-state index in [4.69, 9.17) is 4.74 Å². The molecule has 0 saturated heterocycles. The molecule has 0 aromatic carbocycles. The lowest BCUT2D eigenvalue weighted by molar-refractivity contribution is 0.119. The maximum absolute atomic E-state index is 5.14. The molecule has 0 amide bonds. The van der Waals surface area contributed by atoms with E-state index in [1.807, 2.05) is 0 Å². The molecule has 1 saturated carbocycles. The normalized spacial score (nSPS) is 20.0. The summed E-state index contributed by atoms with van der Waals surface area (Å²) in [7, 11) is 1.78. The van der Waals surface area contributed by atoms with Crippen molar-refractivity contribution in [2.45, 2.75) is 32.6 Å². The number of hydrogen-bond donors (Lipinski definition) is 1. The number of likely N-dealkylation sites (N-methyl/N-ethyl adjacent to an activating group) is 1. The van der Waals surface area contributed by atoms with E-state index in [0.717, 1.165) is 25.4 Å². The largest absolute Gasteiger partial charge is 0.383 e. The van der Waals surface area contributed by atoms with E-state index in [9.17, 15) is 0 Å². The van der Waals surface area contributed by atoms with Gasteiger partial charge in [0.05, 0.1) is 6.61 Å². The topological polar surface area (TPSA) is 12.5 Å². The number of thiol groups is 1. The lowest BCUT2D eigenvalue weighted by Crippen LogP contribution is -2.39. The van der Waals surface area contributed by atoms with E-state index in [0.29, 0.717) is 5.41 Å². The summed E-state index contributed by atoms with van der Waals surface area (Å²) in [5.74, 6) is 1.04. The lowest BCUT2D eigenvalue weighted by Gasteiger charge is -2.33. The van der Waals surface area contributed by atoms with Gasteiger partial charge in [-0.05, 0) is 30.6 Å². The standard InChI is InChI=1S/C12H25NOS/c1-3-13(8-9-14-2)10-12(11-15)6-4-5-7-12/h15H,3-11H2,1-2H3. The molecule has 0 bridgehead atoms. The Morgan fingerprint density at radius 3 is 2.47 bits per heavy atom. The minimum Gasteiger partial charge on any atom is -0.383 e. The first-order valence-electron chi connectivity index (χ1n) is 6.08. The van der Waals surface area contributed by atoms with Crippen LogP contribution in [0, 0.1) is 5.41 Å². The van der Waals surface area contributed by atoms with E-state index in [-0.39, 0.29) is 0 Å². The van der Waals surface area contributed by atoms with Crippen LogP contribution in [0.15, 0.2) is 0 Å². The molecule has 0 aromatic rings. The summed E-state index contributed by atoms with van der Waals surface area (Å²) in [6.07, 6.45) is 5.50. The Labute approximate surface area is 99.8 Å². The summed E-state index contributed by atoms with van der Waals surface area (Å²) in [4.78, 5) is 2.50. The second kappa shape index (κ2) is 6.77. The number of ether oxygens (including phenoxy) is 1. The summed E-state index contributed by atoms with van der Waals surface area (Å²) in [6, 6.07) is 0. The number of hydrogen-bond acceptors (Lipinski definition) is 3. The first-order chi connectivity index (χ1) is 7.26. The zero-order chi connectivity index (χ0) is 11.1. The van der Waals surface area contributed by atoms with Crippen molar-refractivity contribution in [1.82, 2.24) is 4.90 Å². The third kappa shape index (κ3) is 3.97. The minimum absolute atomic E-state index is 0.493. The van der Waals surface area contributed by atoms with Gasteiger partial charge in [-0.15, -0.1) is 0 Å². The molecule has 0 atom stereocenters. The molecular weight excluding hydrogens is 206 g/mol. The molecule has 0 radical (unpaired) electrons. The van der Waals surface area contributed by atoms with Gasteiger partial charge >= 0.3 is 0 Å². The van der Waals surface area contributed by atoms with Crippen LogP contribution in [-0.2, 0) is 4.74 Å². The van der Waals surface area contributed by atoms with Crippen LogP contribution in [0.4, 0.5) is 0 Å². The smallest absolute Gasteiger partial charge is 0.0589 e. The highest BCUT2D eigenvalue weighted by Crippen LogP contribution is 2.39. The lowest BCUT2D eigenvalue weighted by atomic mass is 9.88. The van der Waals surface area contributed by atoms with Crippen LogP contribution in [0.5, 0.6) is 0 Å². The van der Waals surface area contributed by atoms with Gasteiger partial charge in [-0.25, -0.2) is 0 Å². The Morgan fingerprint density at radius 2 is 2.00 bits per heavy atom. The van der Waals surface area contributed by atoms with E-state index >= 15 is 0 Å². The summed E-state index contributed by atoms with van der Waals surface area (Å²) in [5, 5.41) is 0. The van der Waals surface area contributed by atoms with Crippen LogP contribution in [0.3, 0.4) is 0 Å². The predicted molar refractivity (Wildman–Crippen MR) is 68.7 cm³/mol. The predicted octanol–water partition coefficient (Wildman–Crippen LogP) is 2.44. The van der Waals surface area contributed by atoms with Crippen LogP contribution >= 0.6 is 12.6 Å². The average Bonchev–Trinajstić information content (AvgIpc) is 2.73. The fraction of sp³-hybridized carbons (Fsp3) is 1.00. The second-order valence-electron chi connectivity index (χ2n) is 4.73. The fourth-order valence-electron chi connectivity index (χ4n) is 2.53. The third-order valence-corrected chi connectivity index (χ3v) is 4.29. The molecular formula is C12H25NOS. The molecule has 0 spiro atoms. The molecule has 0 unspecified atom stereocenters. The van der Waals surface area contributed by atoms with Crippen molar-refractivity contribution < 1.29 is 4.74 Å². The maximum atomic E-state index is 5.14. The first-order valence-corrected chi connectivity index (χ1v) is 6.72. The molecule has 0 heterocycles. The van der Waals surface area contributed by atoms with Crippen molar-refractivity contribution in [3.63, 3.8) is 0 Å². The molecule has 0 aliphatic heterocycles. The Hall–Kier alpha value is 0.270. The summed E-state index contributed by atoms with van der Waals surface area (Å²) < 4.78 is 5.14. The van der Waals surface area contributed by atoms with Crippen LogP contribution in [0.25, 0.3) is 0 Å². The van der Waals surface area contributed by atoms with Gasteiger partial charge in [0.15, 0.2) is 0 Å². The van der Waals surface area contributed by atoms with E-state index in [2.05, 4.69) is 24.5 Å². The minimum atomic E-state index is 0.493. The first kappa shape index (κ1) is 13.3. The van der Waals surface area contributed by atoms with Crippen molar-refractivity contribution in [2.75, 3.05) is 39.1 Å². The third-order valence-electron chi connectivity index (χ3n) is 3.62. The molecule has 1 rings (SSSR count). The maximum Gasteiger partial charge on any atom is 0.0589 e. The number of methoxy groups -OCH3 is 1. The van der Waals surface area contributed by atoms with Crippen molar-refractivity contribution in [2.24, 2.45) is 5.41 Å². The van der Waals surface area contributed by atoms with Gasteiger partial charge in [0.1, 0.15) is 0 Å². The Balaban J connectivity index is 2.40. The van der Waals surface area contributed by atoms with Gasteiger partial charge in [-0.2, -0.15) is 12.6 Å². The molecule has 15 heavy (non-hydrogen) atoms. The quantitative estimate of drug-likeness (QED) is 0.676. The SMILES string of the molecule is CCN(CCOC)CC1(CS)CCCC1.